The topological polar surface area (TPSA) is 60.7 Å². The second kappa shape index (κ2) is 7.67. The Labute approximate surface area is 163 Å². The second-order valence-electron chi connectivity index (χ2n) is 6.30. The molecule has 0 amide bonds. The zero-order chi connectivity index (χ0) is 20.4. The van der Waals surface area contributed by atoms with Crippen molar-refractivity contribution in [1.29, 1.82) is 0 Å². The van der Waals surface area contributed by atoms with Crippen LogP contribution in [0.25, 0.3) is 22.4 Å². The van der Waals surface area contributed by atoms with E-state index in [2.05, 4.69) is 15.1 Å². The van der Waals surface area contributed by atoms with E-state index in [1.54, 1.807) is 12.4 Å². The Morgan fingerprint density at radius 3 is 2.28 bits per heavy atom. The van der Waals surface area contributed by atoms with Gasteiger partial charge in [0, 0.05) is 29.6 Å². The summed E-state index contributed by atoms with van der Waals surface area (Å²) in [6.45, 7) is 0.139. The van der Waals surface area contributed by atoms with Crippen molar-refractivity contribution in [3.8, 4) is 22.4 Å². The molecule has 0 atom stereocenters. The molecule has 0 N–H and O–H groups in total. The SMILES string of the molecule is O=c1ccc(-c2cc(F)c(F)c(F)c2)nn1Cc1cccc(-c2cncnc2)c1. The Hall–Kier alpha value is -3.81. The number of hydrogen-bond donors (Lipinski definition) is 0. The molecule has 2 heterocycles. The molecular formula is C21H13F3N4O. The first-order valence-electron chi connectivity index (χ1n) is 8.58. The number of nitrogens with zero attached hydrogens (tertiary/aromatic N) is 4. The third-order valence-corrected chi connectivity index (χ3v) is 4.30. The fourth-order valence-corrected chi connectivity index (χ4v) is 2.89. The highest BCUT2D eigenvalue weighted by atomic mass is 19.2. The van der Waals surface area contributed by atoms with Crippen molar-refractivity contribution >= 4 is 0 Å². The molecule has 29 heavy (non-hydrogen) atoms. The van der Waals surface area contributed by atoms with E-state index in [1.807, 2.05) is 24.3 Å². The summed E-state index contributed by atoms with van der Waals surface area (Å²) in [4.78, 5) is 20.2. The molecule has 0 aliphatic heterocycles. The van der Waals surface area contributed by atoms with E-state index < -0.39 is 17.5 Å². The zero-order valence-electron chi connectivity index (χ0n) is 14.9. The van der Waals surface area contributed by atoms with Gasteiger partial charge in [-0.1, -0.05) is 18.2 Å². The summed E-state index contributed by atoms with van der Waals surface area (Å²) >= 11 is 0. The van der Waals surface area contributed by atoms with Crippen LogP contribution in [0.5, 0.6) is 0 Å². The lowest BCUT2D eigenvalue weighted by atomic mass is 10.1. The largest absolute Gasteiger partial charge is 0.268 e. The number of aromatic nitrogens is 4. The fourth-order valence-electron chi connectivity index (χ4n) is 2.89. The highest BCUT2D eigenvalue weighted by Gasteiger charge is 2.13. The van der Waals surface area contributed by atoms with E-state index in [1.165, 1.54) is 23.1 Å². The summed E-state index contributed by atoms with van der Waals surface area (Å²) in [6, 6.07) is 11.7. The van der Waals surface area contributed by atoms with Gasteiger partial charge in [-0.05, 0) is 35.4 Å². The van der Waals surface area contributed by atoms with Crippen molar-refractivity contribution in [2.75, 3.05) is 0 Å². The Bertz CT molecular complexity index is 1220. The molecule has 0 aliphatic rings. The van der Waals surface area contributed by atoms with Gasteiger partial charge in [-0.2, -0.15) is 5.10 Å². The molecule has 8 heteroatoms. The van der Waals surface area contributed by atoms with Crippen LogP contribution in [0.3, 0.4) is 0 Å². The van der Waals surface area contributed by atoms with Crippen LogP contribution in [-0.4, -0.2) is 19.7 Å². The first-order chi connectivity index (χ1) is 14.0. The number of benzene rings is 2. The highest BCUT2D eigenvalue weighted by Crippen LogP contribution is 2.22. The molecule has 4 rings (SSSR count). The lowest BCUT2D eigenvalue weighted by molar-refractivity contribution is 0.447. The molecule has 2 aromatic heterocycles. The zero-order valence-corrected chi connectivity index (χ0v) is 14.9. The molecule has 0 radical (unpaired) electrons. The number of halogens is 3. The summed E-state index contributed by atoms with van der Waals surface area (Å²) in [5.74, 6) is -4.20. The molecule has 0 unspecified atom stereocenters. The molecule has 2 aromatic carbocycles. The van der Waals surface area contributed by atoms with Gasteiger partial charge in [0.25, 0.3) is 5.56 Å². The molecular weight excluding hydrogens is 381 g/mol. The molecule has 0 spiro atoms. The molecule has 0 aliphatic carbocycles. The average Bonchev–Trinajstić information content (AvgIpc) is 2.74. The summed E-state index contributed by atoms with van der Waals surface area (Å²) in [5.41, 5.74) is 2.27. The third-order valence-electron chi connectivity index (χ3n) is 4.30. The maximum atomic E-state index is 13.5. The first kappa shape index (κ1) is 18.5. The minimum Gasteiger partial charge on any atom is -0.268 e. The van der Waals surface area contributed by atoms with Gasteiger partial charge in [-0.25, -0.2) is 27.8 Å². The van der Waals surface area contributed by atoms with E-state index in [-0.39, 0.29) is 23.4 Å². The standard InChI is InChI=1S/C21H13F3N4O/c22-17-7-15(8-18(23)21(17)24)19-4-5-20(29)28(27-19)11-13-2-1-3-14(6-13)16-9-25-12-26-10-16/h1-10,12H,11H2. The summed E-state index contributed by atoms with van der Waals surface area (Å²) in [6.07, 6.45) is 4.78. The van der Waals surface area contributed by atoms with Gasteiger partial charge in [-0.3, -0.25) is 4.79 Å². The molecule has 5 nitrogen and oxygen atoms in total. The summed E-state index contributed by atoms with van der Waals surface area (Å²) in [7, 11) is 0. The number of hydrogen-bond acceptors (Lipinski definition) is 4. The van der Waals surface area contributed by atoms with Crippen molar-refractivity contribution in [3.63, 3.8) is 0 Å². The van der Waals surface area contributed by atoms with Crippen LogP contribution in [0.4, 0.5) is 13.2 Å². The van der Waals surface area contributed by atoms with Gasteiger partial charge in [0.05, 0.1) is 12.2 Å². The van der Waals surface area contributed by atoms with Crippen molar-refractivity contribution < 1.29 is 13.2 Å². The van der Waals surface area contributed by atoms with Gasteiger partial charge in [0.15, 0.2) is 17.5 Å². The molecule has 0 bridgehead atoms. The first-order valence-corrected chi connectivity index (χ1v) is 8.58. The molecule has 0 fully saturated rings. The minimum absolute atomic E-state index is 0.0327. The quantitative estimate of drug-likeness (QED) is 0.494. The lowest BCUT2D eigenvalue weighted by Crippen LogP contribution is -2.22. The highest BCUT2D eigenvalue weighted by molar-refractivity contribution is 5.62. The lowest BCUT2D eigenvalue weighted by Gasteiger charge is -2.09. The molecule has 0 saturated carbocycles. The van der Waals surface area contributed by atoms with Crippen LogP contribution in [-0.2, 0) is 6.54 Å². The van der Waals surface area contributed by atoms with E-state index in [0.717, 1.165) is 28.8 Å². The van der Waals surface area contributed by atoms with E-state index in [0.29, 0.717) is 0 Å². The maximum Gasteiger partial charge on any atom is 0.267 e. The van der Waals surface area contributed by atoms with Crippen LogP contribution in [0.2, 0.25) is 0 Å². The van der Waals surface area contributed by atoms with Gasteiger partial charge < -0.3 is 0 Å². The number of rotatable bonds is 4. The summed E-state index contributed by atoms with van der Waals surface area (Å²) < 4.78 is 41.4. The normalized spacial score (nSPS) is 10.9. The van der Waals surface area contributed by atoms with Crippen LogP contribution < -0.4 is 5.56 Å². The Kier molecular flexibility index (Phi) is 4.90. The smallest absolute Gasteiger partial charge is 0.267 e. The van der Waals surface area contributed by atoms with E-state index in [4.69, 9.17) is 0 Å². The van der Waals surface area contributed by atoms with Crippen molar-refractivity contribution in [2.45, 2.75) is 6.54 Å². The van der Waals surface area contributed by atoms with Crippen LogP contribution in [0.15, 0.2) is 72.0 Å². The van der Waals surface area contributed by atoms with Crippen LogP contribution in [0.1, 0.15) is 5.56 Å². The van der Waals surface area contributed by atoms with Gasteiger partial charge in [0.1, 0.15) is 6.33 Å². The second-order valence-corrected chi connectivity index (χ2v) is 6.30. The van der Waals surface area contributed by atoms with Gasteiger partial charge in [0.2, 0.25) is 0 Å². The third kappa shape index (κ3) is 3.91. The minimum atomic E-state index is -1.55. The van der Waals surface area contributed by atoms with Gasteiger partial charge >= 0.3 is 0 Å². The van der Waals surface area contributed by atoms with Crippen LogP contribution in [0, 0.1) is 17.5 Å². The fraction of sp³-hybridized carbons (Fsp3) is 0.0476. The predicted molar refractivity (Wildman–Crippen MR) is 100 cm³/mol. The Balaban J connectivity index is 1.69. The summed E-state index contributed by atoms with van der Waals surface area (Å²) in [5, 5.41) is 4.18. The van der Waals surface area contributed by atoms with Crippen molar-refractivity contribution in [3.05, 3.63) is 101 Å². The Morgan fingerprint density at radius 1 is 0.828 bits per heavy atom. The van der Waals surface area contributed by atoms with Crippen LogP contribution >= 0.6 is 0 Å². The van der Waals surface area contributed by atoms with E-state index >= 15 is 0 Å². The van der Waals surface area contributed by atoms with Crippen molar-refractivity contribution in [2.24, 2.45) is 0 Å². The van der Waals surface area contributed by atoms with Crippen molar-refractivity contribution in [1.82, 2.24) is 19.7 Å². The van der Waals surface area contributed by atoms with Gasteiger partial charge in [-0.15, -0.1) is 0 Å². The predicted octanol–water partition coefficient (Wildman–Crippen LogP) is 3.83. The average molecular weight is 394 g/mol. The maximum absolute atomic E-state index is 13.5. The molecule has 144 valence electrons. The monoisotopic (exact) mass is 394 g/mol. The Morgan fingerprint density at radius 2 is 1.55 bits per heavy atom. The molecule has 4 aromatic rings. The van der Waals surface area contributed by atoms with E-state index in [9.17, 15) is 18.0 Å². The molecule has 0 saturated heterocycles.